The van der Waals surface area contributed by atoms with Gasteiger partial charge in [0.05, 0.1) is 5.39 Å². The van der Waals surface area contributed by atoms with Crippen LogP contribution in [0.1, 0.15) is 37.5 Å². The lowest BCUT2D eigenvalue weighted by atomic mass is 10.2. The standard InChI is InChI=1S/C14H18ClN3S/c1-2-10-8-11-12(16-7-3-4-9-5-6-9)17-14(15)18-13(11)19-10/h8-9H,2-7H2,1H3,(H,16,17,18). The molecule has 1 fully saturated rings. The van der Waals surface area contributed by atoms with E-state index in [0.717, 1.165) is 34.9 Å². The lowest BCUT2D eigenvalue weighted by Crippen LogP contribution is -2.04. The molecule has 5 heteroatoms. The molecule has 0 atom stereocenters. The summed E-state index contributed by atoms with van der Waals surface area (Å²) in [5, 5.41) is 4.86. The second-order valence-corrected chi connectivity index (χ2v) is 6.59. The van der Waals surface area contributed by atoms with Crippen LogP contribution >= 0.6 is 22.9 Å². The maximum atomic E-state index is 5.99. The molecular formula is C14H18ClN3S. The van der Waals surface area contributed by atoms with Crippen molar-refractivity contribution in [2.24, 2.45) is 5.92 Å². The predicted molar refractivity (Wildman–Crippen MR) is 82.3 cm³/mol. The summed E-state index contributed by atoms with van der Waals surface area (Å²) in [4.78, 5) is 10.9. The van der Waals surface area contributed by atoms with Crippen molar-refractivity contribution in [3.63, 3.8) is 0 Å². The lowest BCUT2D eigenvalue weighted by molar-refractivity contribution is 0.687. The summed E-state index contributed by atoms with van der Waals surface area (Å²) in [6, 6.07) is 2.18. The van der Waals surface area contributed by atoms with Gasteiger partial charge < -0.3 is 5.32 Å². The molecule has 3 nitrogen and oxygen atoms in total. The van der Waals surface area contributed by atoms with Crippen molar-refractivity contribution >= 4 is 39.0 Å². The number of hydrogen-bond acceptors (Lipinski definition) is 4. The Bertz CT molecular complexity index is 577. The number of nitrogens with one attached hydrogen (secondary N) is 1. The van der Waals surface area contributed by atoms with E-state index in [-0.39, 0.29) is 0 Å². The number of fused-ring (bicyclic) bond motifs is 1. The first-order chi connectivity index (χ1) is 9.26. The molecule has 0 aliphatic heterocycles. The zero-order valence-electron chi connectivity index (χ0n) is 11.1. The molecule has 1 aliphatic carbocycles. The van der Waals surface area contributed by atoms with Gasteiger partial charge >= 0.3 is 0 Å². The lowest BCUT2D eigenvalue weighted by Gasteiger charge is -2.06. The van der Waals surface area contributed by atoms with Crippen LogP contribution in [0.3, 0.4) is 0 Å². The Balaban J connectivity index is 1.73. The molecule has 0 saturated heterocycles. The number of aromatic nitrogens is 2. The van der Waals surface area contributed by atoms with E-state index in [2.05, 4.69) is 28.3 Å². The Morgan fingerprint density at radius 2 is 2.26 bits per heavy atom. The molecule has 2 aromatic heterocycles. The molecule has 2 aromatic rings. The average molecular weight is 296 g/mol. The predicted octanol–water partition coefficient (Wildman–Crippen LogP) is 4.51. The summed E-state index contributed by atoms with van der Waals surface area (Å²) in [6.07, 6.45) is 6.42. The number of hydrogen-bond donors (Lipinski definition) is 1. The van der Waals surface area contributed by atoms with Gasteiger partial charge in [-0.1, -0.05) is 19.8 Å². The first-order valence-electron chi connectivity index (χ1n) is 6.96. The van der Waals surface area contributed by atoms with Crippen molar-refractivity contribution in [3.05, 3.63) is 16.2 Å². The molecule has 19 heavy (non-hydrogen) atoms. The normalized spacial score (nSPS) is 15.1. The van der Waals surface area contributed by atoms with E-state index in [1.807, 2.05) is 0 Å². The maximum Gasteiger partial charge on any atom is 0.225 e. The van der Waals surface area contributed by atoms with Crippen molar-refractivity contribution in [1.82, 2.24) is 9.97 Å². The Labute approximate surface area is 122 Å². The first kappa shape index (κ1) is 13.1. The summed E-state index contributed by atoms with van der Waals surface area (Å²) < 4.78 is 0. The van der Waals surface area contributed by atoms with Gasteiger partial charge in [-0.2, -0.15) is 0 Å². The van der Waals surface area contributed by atoms with E-state index >= 15 is 0 Å². The number of aryl methyl sites for hydroxylation is 1. The molecule has 0 spiro atoms. The van der Waals surface area contributed by atoms with Gasteiger partial charge in [0.1, 0.15) is 10.6 Å². The van der Waals surface area contributed by atoms with Gasteiger partial charge in [0.25, 0.3) is 0 Å². The van der Waals surface area contributed by atoms with Crippen LogP contribution in [0.25, 0.3) is 10.2 Å². The molecule has 1 N–H and O–H groups in total. The number of thiophene rings is 1. The highest BCUT2D eigenvalue weighted by Crippen LogP contribution is 2.34. The highest BCUT2D eigenvalue weighted by atomic mass is 35.5. The van der Waals surface area contributed by atoms with Crippen LogP contribution in [0.2, 0.25) is 5.28 Å². The third kappa shape index (κ3) is 3.18. The van der Waals surface area contributed by atoms with E-state index < -0.39 is 0 Å². The maximum absolute atomic E-state index is 5.99. The topological polar surface area (TPSA) is 37.8 Å². The fourth-order valence-corrected chi connectivity index (χ4v) is 3.44. The second-order valence-electron chi connectivity index (χ2n) is 5.14. The molecule has 0 radical (unpaired) electrons. The van der Waals surface area contributed by atoms with Crippen molar-refractivity contribution in [1.29, 1.82) is 0 Å². The van der Waals surface area contributed by atoms with Crippen molar-refractivity contribution < 1.29 is 0 Å². The molecule has 102 valence electrons. The SMILES string of the molecule is CCc1cc2c(NCCCC3CC3)nc(Cl)nc2s1. The fraction of sp³-hybridized carbons (Fsp3) is 0.571. The van der Waals surface area contributed by atoms with Crippen LogP contribution in [0.15, 0.2) is 6.07 Å². The second kappa shape index (κ2) is 5.63. The summed E-state index contributed by atoms with van der Waals surface area (Å²) in [6.45, 7) is 3.12. The Hall–Kier alpha value is -0.870. The van der Waals surface area contributed by atoms with Gasteiger partial charge in [0.2, 0.25) is 5.28 Å². The molecular weight excluding hydrogens is 278 g/mol. The van der Waals surface area contributed by atoms with Crippen LogP contribution in [-0.2, 0) is 6.42 Å². The van der Waals surface area contributed by atoms with Gasteiger partial charge in [-0.15, -0.1) is 11.3 Å². The molecule has 1 saturated carbocycles. The summed E-state index contributed by atoms with van der Waals surface area (Å²) in [7, 11) is 0. The summed E-state index contributed by atoms with van der Waals surface area (Å²) in [5.41, 5.74) is 0. The molecule has 2 heterocycles. The van der Waals surface area contributed by atoms with Gasteiger partial charge in [-0.3, -0.25) is 0 Å². The summed E-state index contributed by atoms with van der Waals surface area (Å²) in [5.74, 6) is 1.88. The van der Waals surface area contributed by atoms with E-state index in [0.29, 0.717) is 5.28 Å². The van der Waals surface area contributed by atoms with E-state index in [1.54, 1.807) is 11.3 Å². The Morgan fingerprint density at radius 1 is 1.42 bits per heavy atom. The first-order valence-corrected chi connectivity index (χ1v) is 8.15. The minimum Gasteiger partial charge on any atom is -0.369 e. The van der Waals surface area contributed by atoms with E-state index in [1.165, 1.54) is 30.6 Å². The Morgan fingerprint density at radius 3 is 3.00 bits per heavy atom. The smallest absolute Gasteiger partial charge is 0.225 e. The average Bonchev–Trinajstić information content (AvgIpc) is 3.12. The molecule has 3 rings (SSSR count). The van der Waals surface area contributed by atoms with Crippen LogP contribution in [0.4, 0.5) is 5.82 Å². The van der Waals surface area contributed by atoms with Crippen LogP contribution < -0.4 is 5.32 Å². The fourth-order valence-electron chi connectivity index (χ4n) is 2.26. The minimum absolute atomic E-state index is 0.335. The van der Waals surface area contributed by atoms with Crippen LogP contribution in [0.5, 0.6) is 0 Å². The number of anilines is 1. The number of rotatable bonds is 6. The number of halogens is 1. The van der Waals surface area contributed by atoms with Gasteiger partial charge in [-0.25, -0.2) is 9.97 Å². The molecule has 0 aromatic carbocycles. The van der Waals surface area contributed by atoms with Gasteiger partial charge in [0, 0.05) is 11.4 Å². The molecule has 0 bridgehead atoms. The highest BCUT2D eigenvalue weighted by molar-refractivity contribution is 7.18. The monoisotopic (exact) mass is 295 g/mol. The van der Waals surface area contributed by atoms with Crippen molar-refractivity contribution in [3.8, 4) is 0 Å². The third-order valence-electron chi connectivity index (χ3n) is 3.54. The number of nitrogens with zero attached hydrogens (tertiary/aromatic N) is 2. The summed E-state index contributed by atoms with van der Waals surface area (Å²) >= 11 is 7.70. The van der Waals surface area contributed by atoms with Crippen LogP contribution in [-0.4, -0.2) is 16.5 Å². The van der Waals surface area contributed by atoms with Crippen molar-refractivity contribution in [2.75, 3.05) is 11.9 Å². The van der Waals surface area contributed by atoms with Crippen molar-refractivity contribution in [2.45, 2.75) is 39.0 Å². The van der Waals surface area contributed by atoms with E-state index in [9.17, 15) is 0 Å². The highest BCUT2D eigenvalue weighted by Gasteiger charge is 2.20. The molecule has 0 unspecified atom stereocenters. The zero-order valence-corrected chi connectivity index (χ0v) is 12.7. The molecule has 1 aliphatic rings. The largest absolute Gasteiger partial charge is 0.369 e. The Kier molecular flexibility index (Phi) is 3.89. The third-order valence-corrected chi connectivity index (χ3v) is 4.89. The van der Waals surface area contributed by atoms with Crippen LogP contribution in [0, 0.1) is 5.92 Å². The van der Waals surface area contributed by atoms with Gasteiger partial charge in [-0.05, 0) is 42.8 Å². The zero-order chi connectivity index (χ0) is 13.2. The molecule has 0 amide bonds. The minimum atomic E-state index is 0.335. The quantitative estimate of drug-likeness (QED) is 0.629. The van der Waals surface area contributed by atoms with E-state index in [4.69, 9.17) is 11.6 Å². The van der Waals surface area contributed by atoms with Gasteiger partial charge in [0.15, 0.2) is 0 Å².